The first kappa shape index (κ1) is 7.17. The fourth-order valence-electron chi connectivity index (χ4n) is 1.77. The summed E-state index contributed by atoms with van der Waals surface area (Å²) in [6, 6.07) is 0. The highest BCUT2D eigenvalue weighted by Gasteiger charge is 2.15. The summed E-state index contributed by atoms with van der Waals surface area (Å²) < 4.78 is 5.38. The molecular formula is C9H15NO. The Kier molecular flexibility index (Phi) is 2.13. The lowest BCUT2D eigenvalue weighted by Gasteiger charge is -2.24. The van der Waals surface area contributed by atoms with Crippen LogP contribution in [0.1, 0.15) is 19.3 Å². The Balaban J connectivity index is 1.96. The predicted octanol–water partition coefficient (Wildman–Crippen LogP) is 1.39. The summed E-state index contributed by atoms with van der Waals surface area (Å²) in [5.41, 5.74) is 1.42. The van der Waals surface area contributed by atoms with Crippen LogP contribution in [0.25, 0.3) is 0 Å². The number of hydrogen-bond donors (Lipinski definition) is 0. The zero-order valence-corrected chi connectivity index (χ0v) is 6.88. The highest BCUT2D eigenvalue weighted by Crippen LogP contribution is 2.17. The summed E-state index contributed by atoms with van der Waals surface area (Å²) >= 11 is 0. The molecule has 0 aromatic heterocycles. The molecule has 2 nitrogen and oxygen atoms in total. The summed E-state index contributed by atoms with van der Waals surface area (Å²) in [4.78, 5) is 2.46. The van der Waals surface area contributed by atoms with Crippen molar-refractivity contribution >= 4 is 0 Å². The van der Waals surface area contributed by atoms with Crippen molar-refractivity contribution in [3.63, 3.8) is 0 Å². The smallest absolute Gasteiger partial charge is 0.0861 e. The zero-order chi connectivity index (χ0) is 7.52. The number of ether oxygens (including phenoxy) is 1. The van der Waals surface area contributed by atoms with Gasteiger partial charge in [-0.15, -0.1) is 0 Å². The first-order chi connectivity index (χ1) is 5.47. The minimum atomic E-state index is 0.847. The summed E-state index contributed by atoms with van der Waals surface area (Å²) in [5.74, 6) is 0. The van der Waals surface area contributed by atoms with Crippen LogP contribution < -0.4 is 0 Å². The summed E-state index contributed by atoms with van der Waals surface area (Å²) in [5, 5.41) is 0. The third kappa shape index (κ3) is 1.56. The van der Waals surface area contributed by atoms with Crippen molar-refractivity contribution < 1.29 is 4.74 Å². The van der Waals surface area contributed by atoms with Gasteiger partial charge in [0.25, 0.3) is 0 Å². The molecule has 0 radical (unpaired) electrons. The van der Waals surface area contributed by atoms with Crippen LogP contribution in [-0.4, -0.2) is 31.2 Å². The van der Waals surface area contributed by atoms with Crippen LogP contribution in [-0.2, 0) is 4.74 Å². The van der Waals surface area contributed by atoms with E-state index in [0.717, 1.165) is 19.6 Å². The van der Waals surface area contributed by atoms with Crippen LogP contribution in [0.5, 0.6) is 0 Å². The minimum Gasteiger partial charge on any atom is -0.375 e. The third-order valence-corrected chi connectivity index (χ3v) is 2.40. The highest BCUT2D eigenvalue weighted by atomic mass is 16.5. The molecule has 2 aliphatic heterocycles. The molecular weight excluding hydrogens is 138 g/mol. The van der Waals surface area contributed by atoms with Crippen LogP contribution in [0, 0.1) is 0 Å². The quantitative estimate of drug-likeness (QED) is 0.564. The molecule has 0 amide bonds. The molecule has 11 heavy (non-hydrogen) atoms. The van der Waals surface area contributed by atoms with Gasteiger partial charge in [0.05, 0.1) is 13.2 Å². The maximum Gasteiger partial charge on any atom is 0.0861 e. The second-order valence-corrected chi connectivity index (χ2v) is 3.23. The zero-order valence-electron chi connectivity index (χ0n) is 6.88. The van der Waals surface area contributed by atoms with Gasteiger partial charge < -0.3 is 9.64 Å². The molecule has 2 aliphatic rings. The molecule has 0 saturated carbocycles. The fraction of sp³-hybridized carbons (Fsp3) is 0.778. The van der Waals surface area contributed by atoms with E-state index in [0.29, 0.717) is 0 Å². The van der Waals surface area contributed by atoms with E-state index in [-0.39, 0.29) is 0 Å². The Bertz CT molecular complexity index is 159. The Morgan fingerprint density at radius 1 is 1.27 bits per heavy atom. The van der Waals surface area contributed by atoms with Gasteiger partial charge in [0.2, 0.25) is 0 Å². The Hall–Kier alpha value is -0.500. The van der Waals surface area contributed by atoms with Crippen LogP contribution in [0.3, 0.4) is 0 Å². The molecule has 2 heteroatoms. The molecule has 0 aliphatic carbocycles. The molecule has 2 heterocycles. The molecule has 2 rings (SSSR count). The van der Waals surface area contributed by atoms with E-state index in [1.165, 1.54) is 31.6 Å². The molecule has 0 aromatic rings. The maximum atomic E-state index is 5.38. The van der Waals surface area contributed by atoms with Gasteiger partial charge in [-0.25, -0.2) is 0 Å². The summed E-state index contributed by atoms with van der Waals surface area (Å²) in [6.45, 7) is 4.25. The number of rotatable bonds is 1. The van der Waals surface area contributed by atoms with Crippen LogP contribution in [0.4, 0.5) is 0 Å². The van der Waals surface area contributed by atoms with E-state index in [2.05, 4.69) is 11.0 Å². The van der Waals surface area contributed by atoms with Gasteiger partial charge in [-0.1, -0.05) is 6.08 Å². The number of hydrogen-bond acceptors (Lipinski definition) is 2. The molecule has 0 bridgehead atoms. The SMILES string of the molecule is C1=C(N2CCCC2)COCC1. The molecule has 0 N–H and O–H groups in total. The predicted molar refractivity (Wildman–Crippen MR) is 44.3 cm³/mol. The van der Waals surface area contributed by atoms with E-state index >= 15 is 0 Å². The van der Waals surface area contributed by atoms with E-state index in [4.69, 9.17) is 4.74 Å². The van der Waals surface area contributed by atoms with Gasteiger partial charge in [0.15, 0.2) is 0 Å². The van der Waals surface area contributed by atoms with Crippen molar-refractivity contribution in [1.82, 2.24) is 4.90 Å². The minimum absolute atomic E-state index is 0.847. The maximum absolute atomic E-state index is 5.38. The normalized spacial score (nSPS) is 25.5. The Morgan fingerprint density at radius 3 is 2.73 bits per heavy atom. The highest BCUT2D eigenvalue weighted by molar-refractivity contribution is 5.05. The first-order valence-corrected chi connectivity index (χ1v) is 4.48. The average Bonchev–Trinajstić information content (AvgIpc) is 2.58. The largest absolute Gasteiger partial charge is 0.375 e. The monoisotopic (exact) mass is 153 g/mol. The topological polar surface area (TPSA) is 12.5 Å². The molecule has 1 saturated heterocycles. The van der Waals surface area contributed by atoms with E-state index < -0.39 is 0 Å². The molecule has 0 spiro atoms. The second kappa shape index (κ2) is 3.26. The Morgan fingerprint density at radius 2 is 2.09 bits per heavy atom. The fourth-order valence-corrected chi connectivity index (χ4v) is 1.77. The molecule has 1 fully saturated rings. The van der Waals surface area contributed by atoms with E-state index in [9.17, 15) is 0 Å². The number of likely N-dealkylation sites (tertiary alicyclic amines) is 1. The van der Waals surface area contributed by atoms with Crippen molar-refractivity contribution in [1.29, 1.82) is 0 Å². The lowest BCUT2D eigenvalue weighted by atomic mass is 10.3. The van der Waals surface area contributed by atoms with Gasteiger partial charge in [-0.3, -0.25) is 0 Å². The van der Waals surface area contributed by atoms with Crippen molar-refractivity contribution in [3.8, 4) is 0 Å². The average molecular weight is 153 g/mol. The van der Waals surface area contributed by atoms with Gasteiger partial charge in [-0.05, 0) is 19.3 Å². The Labute approximate surface area is 67.8 Å². The van der Waals surface area contributed by atoms with Crippen molar-refractivity contribution in [2.75, 3.05) is 26.3 Å². The van der Waals surface area contributed by atoms with Gasteiger partial charge in [0, 0.05) is 18.8 Å². The van der Waals surface area contributed by atoms with Crippen molar-refractivity contribution in [3.05, 3.63) is 11.8 Å². The summed E-state index contributed by atoms with van der Waals surface area (Å²) in [6.07, 6.45) is 6.15. The van der Waals surface area contributed by atoms with Crippen LogP contribution >= 0.6 is 0 Å². The molecule has 0 atom stereocenters. The lowest BCUT2D eigenvalue weighted by Crippen LogP contribution is -2.24. The summed E-state index contributed by atoms with van der Waals surface area (Å²) in [7, 11) is 0. The van der Waals surface area contributed by atoms with E-state index in [1.54, 1.807) is 0 Å². The van der Waals surface area contributed by atoms with Crippen molar-refractivity contribution in [2.24, 2.45) is 0 Å². The molecule has 0 aromatic carbocycles. The van der Waals surface area contributed by atoms with Gasteiger partial charge in [-0.2, -0.15) is 0 Å². The molecule has 62 valence electrons. The number of nitrogens with zero attached hydrogens (tertiary/aromatic N) is 1. The molecule has 0 unspecified atom stereocenters. The first-order valence-electron chi connectivity index (χ1n) is 4.48. The van der Waals surface area contributed by atoms with Gasteiger partial charge >= 0.3 is 0 Å². The van der Waals surface area contributed by atoms with E-state index in [1.807, 2.05) is 0 Å². The standard InChI is InChI=1S/C9H15NO/c1-2-6-10(5-1)9-4-3-7-11-8-9/h4H,1-3,5-8H2. The van der Waals surface area contributed by atoms with Crippen LogP contribution in [0.2, 0.25) is 0 Å². The third-order valence-electron chi connectivity index (χ3n) is 2.40. The van der Waals surface area contributed by atoms with Crippen molar-refractivity contribution in [2.45, 2.75) is 19.3 Å². The lowest BCUT2D eigenvalue weighted by molar-refractivity contribution is 0.128. The second-order valence-electron chi connectivity index (χ2n) is 3.23. The van der Waals surface area contributed by atoms with Crippen LogP contribution in [0.15, 0.2) is 11.8 Å². The van der Waals surface area contributed by atoms with Gasteiger partial charge in [0.1, 0.15) is 0 Å².